The van der Waals surface area contributed by atoms with Gasteiger partial charge in [0.25, 0.3) is 5.91 Å². The summed E-state index contributed by atoms with van der Waals surface area (Å²) in [6.07, 6.45) is 1.60. The molecule has 2 rings (SSSR count). The second-order valence-corrected chi connectivity index (χ2v) is 7.69. The van der Waals surface area contributed by atoms with Crippen LogP contribution in [0, 0.1) is 0 Å². The highest BCUT2D eigenvalue weighted by molar-refractivity contribution is 7.90. The lowest BCUT2D eigenvalue weighted by atomic mass is 10.2. The molecule has 0 atom stereocenters. The fourth-order valence-electron chi connectivity index (χ4n) is 2.23. The second kappa shape index (κ2) is 7.56. The summed E-state index contributed by atoms with van der Waals surface area (Å²) < 4.78 is 27.1. The molecular formula is C15H20N2O5S. The topological polar surface area (TPSA) is 92.8 Å². The van der Waals surface area contributed by atoms with E-state index in [0.29, 0.717) is 25.3 Å². The van der Waals surface area contributed by atoms with Crippen LogP contribution in [0.2, 0.25) is 0 Å². The van der Waals surface area contributed by atoms with E-state index in [9.17, 15) is 18.0 Å². The lowest BCUT2D eigenvalue weighted by molar-refractivity contribution is -0.125. The zero-order valence-electron chi connectivity index (χ0n) is 12.9. The SMILES string of the molecule is CS(=O)(=O)CCCC(=O)Nc1ccc(N2CCOCC2=O)cc1. The Morgan fingerprint density at radius 1 is 1.30 bits per heavy atom. The van der Waals surface area contributed by atoms with Gasteiger partial charge in [0.1, 0.15) is 16.4 Å². The molecule has 1 fully saturated rings. The number of nitrogens with one attached hydrogen (secondary N) is 1. The molecule has 1 aromatic carbocycles. The summed E-state index contributed by atoms with van der Waals surface area (Å²) in [5.41, 5.74) is 1.37. The Kier molecular flexibility index (Phi) is 5.73. The summed E-state index contributed by atoms with van der Waals surface area (Å²) in [5, 5.41) is 2.71. The van der Waals surface area contributed by atoms with Crippen LogP contribution < -0.4 is 10.2 Å². The number of ether oxygens (including phenoxy) is 1. The van der Waals surface area contributed by atoms with E-state index >= 15 is 0 Å². The van der Waals surface area contributed by atoms with E-state index < -0.39 is 9.84 Å². The van der Waals surface area contributed by atoms with Crippen molar-refractivity contribution in [3.8, 4) is 0 Å². The molecule has 0 saturated carbocycles. The highest BCUT2D eigenvalue weighted by Gasteiger charge is 2.19. The summed E-state index contributed by atoms with van der Waals surface area (Å²) in [4.78, 5) is 25.1. The lowest BCUT2D eigenvalue weighted by Gasteiger charge is -2.26. The van der Waals surface area contributed by atoms with Crippen molar-refractivity contribution in [3.63, 3.8) is 0 Å². The number of hydrogen-bond donors (Lipinski definition) is 1. The van der Waals surface area contributed by atoms with Crippen LogP contribution in [0.5, 0.6) is 0 Å². The lowest BCUT2D eigenvalue weighted by Crippen LogP contribution is -2.41. The Hall–Kier alpha value is -1.93. The van der Waals surface area contributed by atoms with E-state index in [4.69, 9.17) is 4.74 Å². The molecule has 0 aliphatic carbocycles. The molecule has 0 radical (unpaired) electrons. The molecule has 7 nitrogen and oxygen atoms in total. The number of rotatable bonds is 6. The smallest absolute Gasteiger partial charge is 0.253 e. The van der Waals surface area contributed by atoms with Crippen LogP contribution in [0.25, 0.3) is 0 Å². The number of nitrogens with zero attached hydrogens (tertiary/aromatic N) is 1. The van der Waals surface area contributed by atoms with Crippen molar-refractivity contribution in [1.82, 2.24) is 0 Å². The van der Waals surface area contributed by atoms with Gasteiger partial charge in [0.05, 0.1) is 12.4 Å². The minimum atomic E-state index is -3.04. The van der Waals surface area contributed by atoms with Gasteiger partial charge < -0.3 is 15.0 Å². The average molecular weight is 340 g/mol. The molecule has 1 aliphatic rings. The van der Waals surface area contributed by atoms with Gasteiger partial charge in [0, 0.05) is 30.6 Å². The summed E-state index contributed by atoms with van der Waals surface area (Å²) in [5.74, 6) is -0.323. The number of hydrogen-bond acceptors (Lipinski definition) is 5. The van der Waals surface area contributed by atoms with Crippen molar-refractivity contribution in [3.05, 3.63) is 24.3 Å². The normalized spacial score (nSPS) is 15.5. The largest absolute Gasteiger partial charge is 0.370 e. The minimum absolute atomic E-state index is 0.00149. The van der Waals surface area contributed by atoms with Crippen molar-refractivity contribution >= 4 is 33.0 Å². The summed E-state index contributed by atoms with van der Waals surface area (Å²) >= 11 is 0. The fourth-order valence-corrected chi connectivity index (χ4v) is 2.90. The van der Waals surface area contributed by atoms with E-state index in [0.717, 1.165) is 11.9 Å². The Bertz CT molecular complexity index is 670. The Labute approximate surface area is 135 Å². The Balaban J connectivity index is 1.87. The monoisotopic (exact) mass is 340 g/mol. The van der Waals surface area contributed by atoms with E-state index in [1.807, 2.05) is 0 Å². The maximum absolute atomic E-state index is 11.7. The van der Waals surface area contributed by atoms with Crippen molar-refractivity contribution < 1.29 is 22.7 Å². The van der Waals surface area contributed by atoms with Crippen LogP contribution in [0.15, 0.2) is 24.3 Å². The van der Waals surface area contributed by atoms with Crippen molar-refractivity contribution in [2.75, 3.05) is 42.0 Å². The maximum atomic E-state index is 11.7. The summed E-state index contributed by atoms with van der Waals surface area (Å²) in [6.45, 7) is 1.10. The predicted octanol–water partition coefficient (Wildman–Crippen LogP) is 0.813. The molecule has 23 heavy (non-hydrogen) atoms. The van der Waals surface area contributed by atoms with Gasteiger partial charge in [-0.3, -0.25) is 9.59 Å². The van der Waals surface area contributed by atoms with E-state index in [2.05, 4.69) is 5.32 Å². The second-order valence-electron chi connectivity index (χ2n) is 5.43. The quantitative estimate of drug-likeness (QED) is 0.827. The fraction of sp³-hybridized carbons (Fsp3) is 0.467. The summed E-state index contributed by atoms with van der Waals surface area (Å²) in [7, 11) is -3.04. The Morgan fingerprint density at radius 3 is 2.61 bits per heavy atom. The number of benzene rings is 1. The third-order valence-corrected chi connectivity index (χ3v) is 4.40. The van der Waals surface area contributed by atoms with E-state index in [1.54, 1.807) is 29.2 Å². The van der Waals surface area contributed by atoms with E-state index in [1.165, 1.54) is 0 Å². The first-order valence-electron chi connectivity index (χ1n) is 7.31. The van der Waals surface area contributed by atoms with Gasteiger partial charge in [-0.25, -0.2) is 8.42 Å². The first kappa shape index (κ1) is 17.4. The molecule has 2 amide bonds. The molecule has 1 aromatic rings. The minimum Gasteiger partial charge on any atom is -0.370 e. The maximum Gasteiger partial charge on any atom is 0.253 e. The Morgan fingerprint density at radius 2 is 2.00 bits per heavy atom. The predicted molar refractivity (Wildman–Crippen MR) is 87.2 cm³/mol. The number of morpholine rings is 1. The zero-order chi connectivity index (χ0) is 16.9. The highest BCUT2D eigenvalue weighted by atomic mass is 32.2. The van der Waals surface area contributed by atoms with Crippen molar-refractivity contribution in [1.29, 1.82) is 0 Å². The van der Waals surface area contributed by atoms with Crippen molar-refractivity contribution in [2.24, 2.45) is 0 Å². The van der Waals surface area contributed by atoms with Gasteiger partial charge in [-0.2, -0.15) is 0 Å². The van der Waals surface area contributed by atoms with Crippen molar-refractivity contribution in [2.45, 2.75) is 12.8 Å². The van der Waals surface area contributed by atoms with Crippen LogP contribution in [-0.2, 0) is 24.2 Å². The van der Waals surface area contributed by atoms with Gasteiger partial charge in [-0.1, -0.05) is 0 Å². The van der Waals surface area contributed by atoms with Crippen LogP contribution in [0.4, 0.5) is 11.4 Å². The number of sulfone groups is 1. The molecule has 1 heterocycles. The molecular weight excluding hydrogens is 320 g/mol. The van der Waals surface area contributed by atoms with Gasteiger partial charge >= 0.3 is 0 Å². The molecule has 1 N–H and O–H groups in total. The third kappa shape index (κ3) is 5.65. The van der Waals surface area contributed by atoms with Gasteiger partial charge in [0.2, 0.25) is 5.91 Å². The molecule has 1 saturated heterocycles. The molecule has 0 spiro atoms. The van der Waals surface area contributed by atoms with E-state index in [-0.39, 0.29) is 30.6 Å². The highest BCUT2D eigenvalue weighted by Crippen LogP contribution is 2.19. The molecule has 0 unspecified atom stereocenters. The first-order valence-corrected chi connectivity index (χ1v) is 9.37. The molecule has 0 bridgehead atoms. The third-order valence-electron chi connectivity index (χ3n) is 3.37. The molecule has 0 aromatic heterocycles. The summed E-state index contributed by atoms with van der Waals surface area (Å²) in [6, 6.07) is 6.95. The molecule has 126 valence electrons. The average Bonchev–Trinajstić information content (AvgIpc) is 2.47. The van der Waals surface area contributed by atoms with Crippen LogP contribution >= 0.6 is 0 Å². The molecule has 1 aliphatic heterocycles. The number of amides is 2. The number of carbonyl (C=O) groups is 2. The zero-order valence-corrected chi connectivity index (χ0v) is 13.8. The standard InChI is InChI=1S/C15H20N2O5S/c1-23(20,21)10-2-3-14(18)16-12-4-6-13(7-5-12)17-8-9-22-11-15(17)19/h4-7H,2-3,8-11H2,1H3,(H,16,18). The van der Waals surface area contributed by atoms with Crippen LogP contribution in [-0.4, -0.2) is 52.0 Å². The first-order chi connectivity index (χ1) is 10.8. The number of carbonyl (C=O) groups excluding carboxylic acids is 2. The van der Waals surface area contributed by atoms with Gasteiger partial charge in [-0.15, -0.1) is 0 Å². The van der Waals surface area contributed by atoms with Crippen LogP contribution in [0.1, 0.15) is 12.8 Å². The molecule has 8 heteroatoms. The van der Waals surface area contributed by atoms with Gasteiger partial charge in [-0.05, 0) is 30.7 Å². The van der Waals surface area contributed by atoms with Crippen LogP contribution in [0.3, 0.4) is 0 Å². The van der Waals surface area contributed by atoms with Gasteiger partial charge in [0.15, 0.2) is 0 Å². The number of anilines is 2.